The Morgan fingerprint density at radius 3 is 2.70 bits per heavy atom. The number of benzene rings is 1. The molecule has 1 saturated heterocycles. The van der Waals surface area contributed by atoms with Gasteiger partial charge in [-0.2, -0.15) is 0 Å². The highest BCUT2D eigenvalue weighted by Gasteiger charge is 2.39. The predicted molar refractivity (Wildman–Crippen MR) is 91.2 cm³/mol. The highest BCUT2D eigenvalue weighted by Crippen LogP contribution is 2.28. The molecule has 1 amide bonds. The predicted octanol–water partition coefficient (Wildman–Crippen LogP) is 2.28. The minimum atomic E-state index is 0.0575. The number of likely N-dealkylation sites (tertiary alicyclic amines) is 1. The van der Waals surface area contributed by atoms with Gasteiger partial charge in [0.15, 0.2) is 0 Å². The van der Waals surface area contributed by atoms with Gasteiger partial charge < -0.3 is 10.1 Å². The van der Waals surface area contributed by atoms with E-state index in [-0.39, 0.29) is 11.8 Å². The lowest BCUT2D eigenvalue weighted by atomic mass is 9.96. The molecule has 1 aliphatic heterocycles. The molecular weight excluding hydrogens is 288 g/mol. The molecular formula is C19H28N2O2. The van der Waals surface area contributed by atoms with Crippen LogP contribution in [-0.4, -0.2) is 43.7 Å². The van der Waals surface area contributed by atoms with Gasteiger partial charge in [0.2, 0.25) is 5.91 Å². The normalized spacial score (nSPS) is 24.8. The number of hydrogen-bond donors (Lipinski definition) is 1. The first kappa shape index (κ1) is 16.5. The van der Waals surface area contributed by atoms with Crippen LogP contribution in [0.2, 0.25) is 0 Å². The summed E-state index contributed by atoms with van der Waals surface area (Å²) in [7, 11) is 1.72. The van der Waals surface area contributed by atoms with E-state index in [9.17, 15) is 4.79 Å². The molecule has 1 aromatic rings. The lowest BCUT2D eigenvalue weighted by Gasteiger charge is -2.17. The van der Waals surface area contributed by atoms with Crippen LogP contribution in [0.4, 0.5) is 0 Å². The Labute approximate surface area is 139 Å². The zero-order valence-corrected chi connectivity index (χ0v) is 14.5. The number of carbonyl (C=O) groups is 1. The summed E-state index contributed by atoms with van der Waals surface area (Å²) in [6.07, 6.45) is 2.28. The van der Waals surface area contributed by atoms with Crippen molar-refractivity contribution in [3.8, 4) is 0 Å². The molecule has 2 aliphatic rings. The van der Waals surface area contributed by atoms with Gasteiger partial charge in [-0.1, -0.05) is 18.2 Å². The molecule has 0 radical (unpaired) electrons. The Bertz CT molecular complexity index is 568. The largest absolute Gasteiger partial charge is 0.384 e. The van der Waals surface area contributed by atoms with Gasteiger partial charge in [0, 0.05) is 38.7 Å². The lowest BCUT2D eigenvalue weighted by Crippen LogP contribution is -2.37. The van der Waals surface area contributed by atoms with Crippen LogP contribution >= 0.6 is 0 Å². The number of nitrogens with one attached hydrogen (secondary N) is 1. The zero-order valence-electron chi connectivity index (χ0n) is 14.5. The van der Waals surface area contributed by atoms with Crippen LogP contribution in [0.5, 0.6) is 0 Å². The molecule has 2 atom stereocenters. The van der Waals surface area contributed by atoms with E-state index in [0.29, 0.717) is 18.6 Å². The molecule has 4 heteroatoms. The van der Waals surface area contributed by atoms with Crippen LogP contribution in [0.3, 0.4) is 0 Å². The van der Waals surface area contributed by atoms with Crippen molar-refractivity contribution in [2.45, 2.75) is 39.3 Å². The maximum absolute atomic E-state index is 12.5. The van der Waals surface area contributed by atoms with Crippen molar-refractivity contribution in [2.24, 2.45) is 11.8 Å². The number of aryl methyl sites for hydroxylation is 2. The van der Waals surface area contributed by atoms with Crippen LogP contribution in [0.1, 0.15) is 29.5 Å². The monoisotopic (exact) mass is 316 g/mol. The van der Waals surface area contributed by atoms with E-state index in [1.165, 1.54) is 16.7 Å². The summed E-state index contributed by atoms with van der Waals surface area (Å²) in [4.78, 5) is 14.9. The van der Waals surface area contributed by atoms with Gasteiger partial charge in [0.1, 0.15) is 0 Å². The zero-order chi connectivity index (χ0) is 16.4. The fraction of sp³-hybridized carbons (Fsp3) is 0.632. The van der Waals surface area contributed by atoms with Crippen molar-refractivity contribution in [1.82, 2.24) is 10.2 Å². The average molecular weight is 316 g/mol. The number of carbonyl (C=O) groups excluding carboxylic acids is 1. The highest BCUT2D eigenvalue weighted by molar-refractivity contribution is 5.80. The molecule has 0 bridgehead atoms. The third-order valence-electron chi connectivity index (χ3n) is 5.14. The number of hydrogen-bond acceptors (Lipinski definition) is 3. The van der Waals surface area contributed by atoms with Gasteiger partial charge in [-0.05, 0) is 43.4 Å². The van der Waals surface area contributed by atoms with E-state index < -0.39 is 0 Å². The van der Waals surface area contributed by atoms with Gasteiger partial charge in [-0.15, -0.1) is 0 Å². The van der Waals surface area contributed by atoms with Crippen LogP contribution < -0.4 is 5.32 Å². The first-order chi connectivity index (χ1) is 11.1. The molecule has 4 nitrogen and oxygen atoms in total. The molecule has 1 aromatic carbocycles. The molecule has 0 spiro atoms. The third-order valence-corrected chi connectivity index (χ3v) is 5.14. The van der Waals surface area contributed by atoms with E-state index >= 15 is 0 Å². The van der Waals surface area contributed by atoms with Crippen molar-refractivity contribution in [1.29, 1.82) is 0 Å². The first-order valence-electron chi connectivity index (χ1n) is 8.64. The van der Waals surface area contributed by atoms with Crippen LogP contribution in [0.15, 0.2) is 18.2 Å². The SMILES string of the molecule is COC[C@@H]1CN(Cc2ccc(C)c(C)c2)C[C@H]1C(=O)NC1CC1. The van der Waals surface area contributed by atoms with Crippen molar-refractivity contribution in [3.63, 3.8) is 0 Å². The minimum Gasteiger partial charge on any atom is -0.384 e. The van der Waals surface area contributed by atoms with Crippen molar-refractivity contribution >= 4 is 5.91 Å². The van der Waals surface area contributed by atoms with Gasteiger partial charge in [0.05, 0.1) is 12.5 Å². The second-order valence-corrected chi connectivity index (χ2v) is 7.22. The lowest BCUT2D eigenvalue weighted by molar-refractivity contribution is -0.126. The maximum Gasteiger partial charge on any atom is 0.225 e. The number of ether oxygens (including phenoxy) is 1. The Hall–Kier alpha value is -1.39. The van der Waals surface area contributed by atoms with Gasteiger partial charge in [-0.25, -0.2) is 0 Å². The van der Waals surface area contributed by atoms with E-state index in [0.717, 1.165) is 32.5 Å². The summed E-state index contributed by atoms with van der Waals surface area (Å²) in [5.74, 6) is 0.574. The van der Waals surface area contributed by atoms with Crippen LogP contribution in [0, 0.1) is 25.7 Å². The standard InChI is InChI=1S/C19H28N2O2/c1-13-4-5-15(8-14(13)2)9-21-10-16(12-23-3)18(11-21)19(22)20-17-6-7-17/h4-5,8,16-18H,6-7,9-12H2,1-3H3,(H,20,22)/t16-,18+/m0/s1. The Kier molecular flexibility index (Phi) is 5.02. The van der Waals surface area contributed by atoms with E-state index in [1.807, 2.05) is 0 Å². The Morgan fingerprint density at radius 2 is 2.04 bits per heavy atom. The molecule has 1 heterocycles. The van der Waals surface area contributed by atoms with Gasteiger partial charge >= 0.3 is 0 Å². The molecule has 0 unspecified atom stereocenters. The molecule has 2 fully saturated rings. The molecule has 23 heavy (non-hydrogen) atoms. The molecule has 1 N–H and O–H groups in total. The second kappa shape index (κ2) is 7.02. The molecule has 1 saturated carbocycles. The fourth-order valence-electron chi connectivity index (χ4n) is 3.47. The van der Waals surface area contributed by atoms with Crippen LogP contribution in [-0.2, 0) is 16.1 Å². The minimum absolute atomic E-state index is 0.0575. The maximum atomic E-state index is 12.5. The van der Waals surface area contributed by atoms with Crippen molar-refractivity contribution in [3.05, 3.63) is 34.9 Å². The third kappa shape index (κ3) is 4.12. The number of rotatable bonds is 6. The Morgan fingerprint density at radius 1 is 1.26 bits per heavy atom. The number of amides is 1. The summed E-state index contributed by atoms with van der Waals surface area (Å²) >= 11 is 0. The summed E-state index contributed by atoms with van der Waals surface area (Å²) in [6.45, 7) is 7.63. The second-order valence-electron chi connectivity index (χ2n) is 7.22. The summed E-state index contributed by atoms with van der Waals surface area (Å²) in [6, 6.07) is 7.08. The summed E-state index contributed by atoms with van der Waals surface area (Å²) in [5.41, 5.74) is 3.99. The van der Waals surface area contributed by atoms with E-state index in [2.05, 4.69) is 42.3 Å². The molecule has 0 aromatic heterocycles. The van der Waals surface area contributed by atoms with Gasteiger partial charge in [0.25, 0.3) is 0 Å². The van der Waals surface area contributed by atoms with Crippen LogP contribution in [0.25, 0.3) is 0 Å². The van der Waals surface area contributed by atoms with Crippen molar-refractivity contribution < 1.29 is 9.53 Å². The van der Waals surface area contributed by atoms with E-state index in [4.69, 9.17) is 4.74 Å². The summed E-state index contributed by atoms with van der Waals surface area (Å²) in [5, 5.41) is 3.16. The molecule has 3 rings (SSSR count). The topological polar surface area (TPSA) is 41.6 Å². The molecule has 1 aliphatic carbocycles. The quantitative estimate of drug-likeness (QED) is 0.875. The smallest absolute Gasteiger partial charge is 0.225 e. The Balaban J connectivity index is 1.63. The number of nitrogens with zero attached hydrogens (tertiary/aromatic N) is 1. The fourth-order valence-corrected chi connectivity index (χ4v) is 3.47. The average Bonchev–Trinajstić information content (AvgIpc) is 3.23. The number of methoxy groups -OCH3 is 1. The first-order valence-corrected chi connectivity index (χ1v) is 8.64. The van der Waals surface area contributed by atoms with E-state index in [1.54, 1.807) is 7.11 Å². The van der Waals surface area contributed by atoms with Gasteiger partial charge in [-0.3, -0.25) is 9.69 Å². The molecule has 126 valence electrons. The summed E-state index contributed by atoms with van der Waals surface area (Å²) < 4.78 is 5.35. The van der Waals surface area contributed by atoms with Crippen molar-refractivity contribution in [2.75, 3.05) is 26.8 Å². The highest BCUT2D eigenvalue weighted by atomic mass is 16.5.